The maximum absolute atomic E-state index is 11.9. The van der Waals surface area contributed by atoms with Crippen molar-refractivity contribution in [2.24, 2.45) is 5.10 Å². The SMILES string of the molecule is COc1cc(OC)c(/C=N\NC(=O)[C@@H](O)c2ccccc2)cc1Br. The first-order valence-corrected chi connectivity index (χ1v) is 7.83. The number of rotatable bonds is 6. The second-order valence-electron chi connectivity index (χ2n) is 4.78. The summed E-state index contributed by atoms with van der Waals surface area (Å²) in [7, 11) is 3.08. The van der Waals surface area contributed by atoms with Gasteiger partial charge in [0.05, 0.1) is 24.9 Å². The highest BCUT2D eigenvalue weighted by Crippen LogP contribution is 2.31. The third-order valence-electron chi connectivity index (χ3n) is 3.25. The van der Waals surface area contributed by atoms with Gasteiger partial charge in [0.1, 0.15) is 11.5 Å². The molecule has 0 unspecified atom stereocenters. The molecule has 1 atom stereocenters. The van der Waals surface area contributed by atoms with Crippen molar-refractivity contribution in [1.82, 2.24) is 5.43 Å². The molecular formula is C17H17BrN2O4. The fraction of sp³-hybridized carbons (Fsp3) is 0.176. The summed E-state index contributed by atoms with van der Waals surface area (Å²) in [6.45, 7) is 0. The molecule has 24 heavy (non-hydrogen) atoms. The van der Waals surface area contributed by atoms with Gasteiger partial charge >= 0.3 is 0 Å². The number of aliphatic hydroxyl groups is 1. The minimum Gasteiger partial charge on any atom is -0.496 e. The Bertz CT molecular complexity index is 735. The van der Waals surface area contributed by atoms with E-state index in [0.717, 1.165) is 4.47 Å². The summed E-state index contributed by atoms with van der Waals surface area (Å²) in [6, 6.07) is 12.1. The number of halogens is 1. The van der Waals surface area contributed by atoms with Crippen LogP contribution in [0.15, 0.2) is 52.0 Å². The van der Waals surface area contributed by atoms with Crippen LogP contribution in [0, 0.1) is 0 Å². The number of benzene rings is 2. The van der Waals surface area contributed by atoms with Crippen LogP contribution >= 0.6 is 15.9 Å². The highest BCUT2D eigenvalue weighted by Gasteiger charge is 2.16. The van der Waals surface area contributed by atoms with E-state index in [0.29, 0.717) is 22.6 Å². The molecule has 1 amide bonds. The summed E-state index contributed by atoms with van der Waals surface area (Å²) in [5.41, 5.74) is 3.44. The predicted octanol–water partition coefficient (Wildman–Crippen LogP) is 2.65. The summed E-state index contributed by atoms with van der Waals surface area (Å²) in [5.74, 6) is 0.535. The molecule has 0 aliphatic rings. The van der Waals surface area contributed by atoms with E-state index in [-0.39, 0.29) is 0 Å². The highest BCUT2D eigenvalue weighted by atomic mass is 79.9. The van der Waals surface area contributed by atoms with Crippen LogP contribution in [0.2, 0.25) is 0 Å². The van der Waals surface area contributed by atoms with Crippen LogP contribution in [0.3, 0.4) is 0 Å². The summed E-state index contributed by atoms with van der Waals surface area (Å²) in [6.07, 6.45) is 0.145. The number of nitrogens with zero attached hydrogens (tertiary/aromatic N) is 1. The standard InChI is InChI=1S/C17H17BrN2O4/c1-23-14-9-15(24-2)13(18)8-12(14)10-19-20-17(22)16(21)11-6-4-3-5-7-11/h3-10,16,21H,1-2H3,(H,20,22)/b19-10-/t16-/m0/s1. The lowest BCUT2D eigenvalue weighted by molar-refractivity contribution is -0.129. The lowest BCUT2D eigenvalue weighted by atomic mass is 10.1. The zero-order valence-corrected chi connectivity index (χ0v) is 14.8. The molecule has 0 heterocycles. The van der Waals surface area contributed by atoms with E-state index in [4.69, 9.17) is 9.47 Å². The average molecular weight is 393 g/mol. The lowest BCUT2D eigenvalue weighted by Gasteiger charge is -2.10. The average Bonchev–Trinajstić information content (AvgIpc) is 2.62. The Hall–Kier alpha value is -2.38. The molecule has 0 aromatic heterocycles. The number of ether oxygens (including phenoxy) is 2. The van der Waals surface area contributed by atoms with Crippen LogP contribution < -0.4 is 14.9 Å². The molecule has 0 spiro atoms. The number of hydrogen-bond acceptors (Lipinski definition) is 5. The van der Waals surface area contributed by atoms with Gasteiger partial charge in [0.25, 0.3) is 5.91 Å². The van der Waals surface area contributed by atoms with Crippen molar-refractivity contribution in [2.45, 2.75) is 6.10 Å². The Morgan fingerprint density at radius 3 is 2.50 bits per heavy atom. The number of carbonyl (C=O) groups is 1. The molecule has 0 saturated carbocycles. The maximum Gasteiger partial charge on any atom is 0.273 e. The van der Waals surface area contributed by atoms with E-state index in [9.17, 15) is 9.90 Å². The molecule has 6 nitrogen and oxygen atoms in total. The number of amides is 1. The minimum atomic E-state index is -1.28. The molecule has 0 saturated heterocycles. The van der Waals surface area contributed by atoms with E-state index in [1.54, 1.807) is 49.6 Å². The maximum atomic E-state index is 11.9. The van der Waals surface area contributed by atoms with Crippen LogP contribution in [0.25, 0.3) is 0 Å². The zero-order chi connectivity index (χ0) is 17.5. The summed E-state index contributed by atoms with van der Waals surface area (Å²) >= 11 is 3.38. The van der Waals surface area contributed by atoms with Crippen molar-refractivity contribution in [3.63, 3.8) is 0 Å². The third kappa shape index (κ3) is 4.33. The van der Waals surface area contributed by atoms with Crippen molar-refractivity contribution in [2.75, 3.05) is 14.2 Å². The van der Waals surface area contributed by atoms with Gasteiger partial charge in [-0.05, 0) is 27.6 Å². The van der Waals surface area contributed by atoms with E-state index in [1.807, 2.05) is 0 Å². The second-order valence-corrected chi connectivity index (χ2v) is 5.63. The van der Waals surface area contributed by atoms with Crippen molar-refractivity contribution in [3.8, 4) is 11.5 Å². The Kier molecular flexibility index (Phi) is 6.34. The van der Waals surface area contributed by atoms with E-state index in [1.165, 1.54) is 13.3 Å². The Morgan fingerprint density at radius 2 is 1.88 bits per heavy atom. The molecular weight excluding hydrogens is 376 g/mol. The molecule has 0 radical (unpaired) electrons. The molecule has 0 aliphatic heterocycles. The van der Waals surface area contributed by atoms with Crippen molar-refractivity contribution in [1.29, 1.82) is 0 Å². The Labute approximate surface area is 148 Å². The molecule has 0 fully saturated rings. The number of hydrazone groups is 1. The van der Waals surface area contributed by atoms with Crippen molar-refractivity contribution < 1.29 is 19.4 Å². The molecule has 2 N–H and O–H groups in total. The van der Waals surface area contributed by atoms with E-state index < -0.39 is 12.0 Å². The molecule has 0 bridgehead atoms. The van der Waals surface area contributed by atoms with Gasteiger partial charge in [-0.25, -0.2) is 5.43 Å². The minimum absolute atomic E-state index is 0.495. The van der Waals surface area contributed by atoms with Crippen molar-refractivity contribution in [3.05, 3.63) is 58.1 Å². The first-order chi connectivity index (χ1) is 11.6. The van der Waals surface area contributed by atoms with Crippen LogP contribution in [0.4, 0.5) is 0 Å². The molecule has 126 valence electrons. The van der Waals surface area contributed by atoms with Crippen LogP contribution in [0.5, 0.6) is 11.5 Å². The van der Waals surface area contributed by atoms with Crippen molar-refractivity contribution >= 4 is 28.1 Å². The van der Waals surface area contributed by atoms with Crippen LogP contribution in [-0.2, 0) is 4.79 Å². The van der Waals surface area contributed by atoms with Gasteiger partial charge in [-0.3, -0.25) is 4.79 Å². The first-order valence-electron chi connectivity index (χ1n) is 7.04. The monoisotopic (exact) mass is 392 g/mol. The Morgan fingerprint density at radius 1 is 1.21 bits per heavy atom. The Balaban J connectivity index is 2.09. The fourth-order valence-corrected chi connectivity index (χ4v) is 2.52. The van der Waals surface area contributed by atoms with E-state index in [2.05, 4.69) is 26.5 Å². The van der Waals surface area contributed by atoms with Gasteiger partial charge in [-0.15, -0.1) is 0 Å². The van der Waals surface area contributed by atoms with Gasteiger partial charge in [-0.1, -0.05) is 30.3 Å². The summed E-state index contributed by atoms with van der Waals surface area (Å²) in [4.78, 5) is 11.9. The topological polar surface area (TPSA) is 80.2 Å². The molecule has 2 aromatic carbocycles. The van der Waals surface area contributed by atoms with E-state index >= 15 is 0 Å². The fourth-order valence-electron chi connectivity index (χ4n) is 2.00. The molecule has 2 rings (SSSR count). The number of hydrogen-bond donors (Lipinski definition) is 2. The summed E-state index contributed by atoms with van der Waals surface area (Å²) < 4.78 is 11.2. The number of aliphatic hydroxyl groups excluding tert-OH is 1. The molecule has 2 aromatic rings. The zero-order valence-electron chi connectivity index (χ0n) is 13.2. The van der Waals surface area contributed by atoms with Crippen LogP contribution in [-0.4, -0.2) is 31.4 Å². The number of methoxy groups -OCH3 is 2. The van der Waals surface area contributed by atoms with Gasteiger partial charge in [-0.2, -0.15) is 5.10 Å². The van der Waals surface area contributed by atoms with Gasteiger partial charge < -0.3 is 14.6 Å². The number of carbonyl (C=O) groups excluding carboxylic acids is 1. The normalized spacial score (nSPS) is 12.0. The van der Waals surface area contributed by atoms with Gasteiger partial charge in [0.2, 0.25) is 0 Å². The van der Waals surface area contributed by atoms with Crippen LogP contribution in [0.1, 0.15) is 17.2 Å². The van der Waals surface area contributed by atoms with Gasteiger partial charge in [0.15, 0.2) is 6.10 Å². The molecule has 7 heteroatoms. The highest BCUT2D eigenvalue weighted by molar-refractivity contribution is 9.10. The smallest absolute Gasteiger partial charge is 0.273 e. The first kappa shape index (κ1) is 18.0. The third-order valence-corrected chi connectivity index (χ3v) is 3.87. The van der Waals surface area contributed by atoms with Gasteiger partial charge in [0, 0.05) is 11.6 Å². The second kappa shape index (κ2) is 8.47. The largest absolute Gasteiger partial charge is 0.496 e. The number of nitrogens with one attached hydrogen (secondary N) is 1. The molecule has 0 aliphatic carbocycles. The lowest BCUT2D eigenvalue weighted by Crippen LogP contribution is -2.25. The predicted molar refractivity (Wildman–Crippen MR) is 94.4 cm³/mol. The quantitative estimate of drug-likeness (QED) is 0.584. The summed E-state index contributed by atoms with van der Waals surface area (Å²) in [5, 5.41) is 13.8.